The summed E-state index contributed by atoms with van der Waals surface area (Å²) in [5.41, 5.74) is 1.09. The Bertz CT molecular complexity index is 1280. The van der Waals surface area contributed by atoms with Gasteiger partial charge in [-0.15, -0.1) is 0 Å². The van der Waals surface area contributed by atoms with Crippen LogP contribution in [0.5, 0.6) is 0 Å². The van der Waals surface area contributed by atoms with Crippen LogP contribution in [0, 0.1) is 0 Å². The second-order valence-electron chi connectivity index (χ2n) is 7.30. The molecule has 7 heteroatoms. The van der Waals surface area contributed by atoms with Crippen molar-refractivity contribution < 1.29 is 28.7 Å². The number of carbonyl (C=O) groups is 4. The van der Waals surface area contributed by atoms with Gasteiger partial charge in [0.05, 0.1) is 0 Å². The van der Waals surface area contributed by atoms with E-state index in [4.69, 9.17) is 9.47 Å². The van der Waals surface area contributed by atoms with Crippen LogP contribution in [-0.2, 0) is 9.47 Å². The van der Waals surface area contributed by atoms with Crippen LogP contribution in [0.15, 0.2) is 109 Å². The topological polar surface area (TPSA) is 86.7 Å². The van der Waals surface area contributed by atoms with Gasteiger partial charge in [0, 0.05) is 0 Å². The molecule has 0 atom stereocenters. The van der Waals surface area contributed by atoms with Crippen molar-refractivity contribution in [2.45, 2.75) is 0 Å². The number of carbonyl (C=O) groups excluding carboxylic acids is 4. The predicted molar refractivity (Wildman–Crippen MR) is 130 cm³/mol. The van der Waals surface area contributed by atoms with E-state index >= 15 is 0 Å². The number of rotatable bonds is 6. The van der Waals surface area contributed by atoms with Crippen LogP contribution in [0.4, 0.5) is 0 Å². The minimum atomic E-state index is -1.75. The van der Waals surface area contributed by atoms with Gasteiger partial charge in [0.15, 0.2) is 0 Å². The minimum absolute atomic E-state index is 0.270. The van der Waals surface area contributed by atoms with Crippen molar-refractivity contribution >= 4 is 52.2 Å². The molecule has 35 heavy (non-hydrogen) atoms. The predicted octanol–water partition coefficient (Wildman–Crippen LogP) is 3.34. The van der Waals surface area contributed by atoms with Crippen LogP contribution >= 0.6 is 0 Å². The van der Waals surface area contributed by atoms with Gasteiger partial charge < -0.3 is 0 Å². The van der Waals surface area contributed by atoms with Gasteiger partial charge in [-0.1, -0.05) is 0 Å². The maximum absolute atomic E-state index is 12.8. The fourth-order valence-corrected chi connectivity index (χ4v) is 6.91. The Hall–Kier alpha value is -4.04. The summed E-state index contributed by atoms with van der Waals surface area (Å²) in [6.07, 6.45) is 0. The zero-order chi connectivity index (χ0) is 24.6. The summed E-state index contributed by atoms with van der Waals surface area (Å²) in [5, 5.41) is 0. The third kappa shape index (κ3) is 6.10. The average Bonchev–Trinajstić information content (AvgIpc) is 2.90. The molecule has 4 aromatic rings. The van der Waals surface area contributed by atoms with E-state index in [9.17, 15) is 19.2 Å². The summed E-state index contributed by atoms with van der Waals surface area (Å²) in [6.45, 7) is 0. The van der Waals surface area contributed by atoms with Crippen molar-refractivity contribution in [3.8, 4) is 0 Å². The molecule has 0 aromatic heterocycles. The van der Waals surface area contributed by atoms with Gasteiger partial charge in [0.25, 0.3) is 0 Å². The third-order valence-corrected chi connectivity index (χ3v) is 8.98. The van der Waals surface area contributed by atoms with Gasteiger partial charge in [-0.05, 0) is 0 Å². The second-order valence-corrected chi connectivity index (χ2v) is 11.1. The van der Waals surface area contributed by atoms with E-state index in [2.05, 4.69) is 0 Å². The fourth-order valence-electron chi connectivity index (χ4n) is 3.23. The molecule has 0 bridgehead atoms. The van der Waals surface area contributed by atoms with Crippen LogP contribution in [-0.4, -0.2) is 45.0 Å². The van der Waals surface area contributed by atoms with E-state index < -0.39 is 45.0 Å². The van der Waals surface area contributed by atoms with Crippen molar-refractivity contribution in [1.82, 2.24) is 0 Å². The first-order chi connectivity index (χ1) is 17.0. The monoisotopic (exact) mass is 570 g/mol. The molecule has 4 aromatic carbocycles. The quantitative estimate of drug-likeness (QED) is 0.201. The third-order valence-electron chi connectivity index (χ3n) is 4.95. The van der Waals surface area contributed by atoms with Crippen LogP contribution in [0.1, 0.15) is 41.4 Å². The van der Waals surface area contributed by atoms with Crippen molar-refractivity contribution in [2.75, 3.05) is 0 Å². The summed E-state index contributed by atoms with van der Waals surface area (Å²) in [6, 6.07) is 30.2. The molecule has 0 amide bonds. The normalized spacial score (nSPS) is 10.3. The molecule has 0 aliphatic heterocycles. The Balaban J connectivity index is 1.54. The van der Waals surface area contributed by atoms with E-state index in [1.54, 1.807) is 109 Å². The molecular formula is C28H18O6Sn. The zero-order valence-corrected chi connectivity index (χ0v) is 21.2. The van der Waals surface area contributed by atoms with Crippen molar-refractivity contribution in [3.05, 3.63) is 131 Å². The van der Waals surface area contributed by atoms with Gasteiger partial charge in [-0.25, -0.2) is 0 Å². The SMILES string of the molecule is O=C(OC(=O)c1cccc[c]1[Sn][c]1ccccc1C(=O)OC(=O)c1ccccc1)c1ccccc1. The molecule has 0 aliphatic rings. The second kappa shape index (κ2) is 11.4. The Kier molecular flexibility index (Phi) is 7.84. The number of hydrogen-bond acceptors (Lipinski definition) is 6. The molecule has 0 heterocycles. The first-order valence-corrected chi connectivity index (χ1v) is 13.5. The summed E-state index contributed by atoms with van der Waals surface area (Å²) in [4.78, 5) is 50.3. The van der Waals surface area contributed by atoms with Gasteiger partial charge in [0.2, 0.25) is 0 Å². The summed E-state index contributed by atoms with van der Waals surface area (Å²) >= 11 is -1.75. The van der Waals surface area contributed by atoms with Crippen molar-refractivity contribution in [2.24, 2.45) is 0 Å². The molecule has 0 unspecified atom stereocenters. The summed E-state index contributed by atoms with van der Waals surface area (Å²) in [7, 11) is 0. The summed E-state index contributed by atoms with van der Waals surface area (Å²) < 4.78 is 11.6. The van der Waals surface area contributed by atoms with Gasteiger partial charge >= 0.3 is 212 Å². The summed E-state index contributed by atoms with van der Waals surface area (Å²) in [5.74, 6) is -2.98. The average molecular weight is 569 g/mol. The molecule has 0 N–H and O–H groups in total. The first-order valence-electron chi connectivity index (χ1n) is 10.6. The molecule has 0 saturated heterocycles. The Morgan fingerprint density at radius 3 is 1.17 bits per heavy atom. The molecular weight excluding hydrogens is 551 g/mol. The number of esters is 4. The molecule has 0 aliphatic carbocycles. The van der Waals surface area contributed by atoms with Crippen LogP contribution in [0.3, 0.4) is 0 Å². The molecule has 6 nitrogen and oxygen atoms in total. The van der Waals surface area contributed by atoms with Gasteiger partial charge in [-0.2, -0.15) is 0 Å². The number of benzene rings is 4. The Labute approximate surface area is 211 Å². The van der Waals surface area contributed by atoms with Crippen LogP contribution < -0.4 is 7.16 Å². The van der Waals surface area contributed by atoms with E-state index in [-0.39, 0.29) is 22.3 Å². The number of hydrogen-bond donors (Lipinski definition) is 0. The molecule has 170 valence electrons. The van der Waals surface area contributed by atoms with Crippen LogP contribution in [0.2, 0.25) is 0 Å². The van der Waals surface area contributed by atoms with Gasteiger partial charge in [-0.3, -0.25) is 0 Å². The molecule has 2 radical (unpaired) electrons. The Morgan fingerprint density at radius 2 is 0.771 bits per heavy atom. The van der Waals surface area contributed by atoms with Crippen LogP contribution in [0.25, 0.3) is 0 Å². The van der Waals surface area contributed by atoms with E-state index in [0.717, 1.165) is 7.16 Å². The molecule has 0 saturated carbocycles. The standard InChI is InChI=1S/2C14H9O3.Sn/c2*15-13(11-7-3-1-4-8-11)17-14(16)12-9-5-2-6-10-12;/h2*1-9H;. The zero-order valence-electron chi connectivity index (χ0n) is 18.3. The Morgan fingerprint density at radius 1 is 0.429 bits per heavy atom. The van der Waals surface area contributed by atoms with E-state index in [1.807, 2.05) is 0 Å². The maximum atomic E-state index is 12.8. The van der Waals surface area contributed by atoms with Crippen molar-refractivity contribution in [3.63, 3.8) is 0 Å². The van der Waals surface area contributed by atoms with E-state index in [0.29, 0.717) is 0 Å². The fraction of sp³-hybridized carbons (Fsp3) is 0. The van der Waals surface area contributed by atoms with E-state index in [1.165, 1.54) is 0 Å². The number of ether oxygens (including phenoxy) is 2. The molecule has 0 spiro atoms. The first kappa shape index (κ1) is 24.1. The molecule has 0 fully saturated rings. The van der Waals surface area contributed by atoms with Gasteiger partial charge in [0.1, 0.15) is 0 Å². The molecule has 4 rings (SSSR count). The van der Waals surface area contributed by atoms with Crippen molar-refractivity contribution in [1.29, 1.82) is 0 Å².